The Bertz CT molecular complexity index is 371. The molecule has 114 valence electrons. The largest absolute Gasteiger partial charge is 0.481 e. The van der Waals surface area contributed by atoms with Crippen molar-refractivity contribution in [1.82, 2.24) is 4.90 Å². The molecule has 2 unspecified atom stereocenters. The van der Waals surface area contributed by atoms with E-state index in [9.17, 15) is 14.7 Å². The summed E-state index contributed by atoms with van der Waals surface area (Å²) in [4.78, 5) is 25.8. The third-order valence-electron chi connectivity index (χ3n) is 4.90. The van der Waals surface area contributed by atoms with E-state index in [1.807, 2.05) is 4.90 Å². The predicted molar refractivity (Wildman–Crippen MR) is 74.2 cm³/mol. The van der Waals surface area contributed by atoms with Crippen molar-refractivity contribution in [2.24, 2.45) is 17.8 Å². The molecule has 0 aromatic rings. The maximum Gasteiger partial charge on any atom is 0.307 e. The Hall–Kier alpha value is -1.10. The second kappa shape index (κ2) is 6.57. The average Bonchev–Trinajstić information content (AvgIpc) is 2.47. The Morgan fingerprint density at radius 2 is 1.80 bits per heavy atom. The maximum atomic E-state index is 12.6. The molecule has 2 rings (SSSR count). The molecule has 0 aromatic carbocycles. The summed E-state index contributed by atoms with van der Waals surface area (Å²) in [5, 5.41) is 9.30. The topological polar surface area (TPSA) is 66.8 Å². The molecule has 1 heterocycles. The summed E-state index contributed by atoms with van der Waals surface area (Å²) in [6.45, 7) is 3.46. The zero-order valence-electron chi connectivity index (χ0n) is 12.4. The van der Waals surface area contributed by atoms with Crippen molar-refractivity contribution in [3.8, 4) is 0 Å². The predicted octanol–water partition coefficient (Wildman–Crippen LogP) is 1.76. The zero-order valence-corrected chi connectivity index (χ0v) is 12.4. The van der Waals surface area contributed by atoms with Gasteiger partial charge in [-0.25, -0.2) is 0 Å². The van der Waals surface area contributed by atoms with E-state index in [1.54, 1.807) is 7.11 Å². The minimum Gasteiger partial charge on any atom is -0.481 e. The van der Waals surface area contributed by atoms with Gasteiger partial charge in [-0.15, -0.1) is 0 Å². The third kappa shape index (κ3) is 3.14. The monoisotopic (exact) mass is 283 g/mol. The van der Waals surface area contributed by atoms with Crippen LogP contribution in [0.2, 0.25) is 0 Å². The number of carbonyl (C=O) groups is 2. The Labute approximate surface area is 120 Å². The number of ether oxygens (including phenoxy) is 1. The van der Waals surface area contributed by atoms with E-state index in [0.29, 0.717) is 25.3 Å². The first kappa shape index (κ1) is 15.3. The van der Waals surface area contributed by atoms with Crippen LogP contribution in [-0.4, -0.2) is 48.2 Å². The first-order valence-corrected chi connectivity index (χ1v) is 7.59. The highest BCUT2D eigenvalue weighted by Gasteiger charge is 2.39. The number of carbonyl (C=O) groups excluding carboxylic acids is 1. The van der Waals surface area contributed by atoms with Crippen LogP contribution in [0.1, 0.15) is 39.0 Å². The summed E-state index contributed by atoms with van der Waals surface area (Å²) in [6, 6.07) is 0. The number of nitrogens with zero attached hydrogens (tertiary/aromatic N) is 1. The Balaban J connectivity index is 2.04. The SMILES string of the molecule is COC1CN(C(=O)[C@@H]2CCCC[C@@H]2C(=O)O)CCC1C. The molecule has 0 radical (unpaired) electrons. The molecular weight excluding hydrogens is 258 g/mol. The number of amides is 1. The third-order valence-corrected chi connectivity index (χ3v) is 4.90. The van der Waals surface area contributed by atoms with E-state index in [4.69, 9.17) is 4.74 Å². The number of carboxylic acid groups (broad SMARTS) is 1. The van der Waals surface area contributed by atoms with Gasteiger partial charge in [0.05, 0.1) is 17.9 Å². The van der Waals surface area contributed by atoms with Crippen molar-refractivity contribution in [2.75, 3.05) is 20.2 Å². The van der Waals surface area contributed by atoms with Gasteiger partial charge >= 0.3 is 5.97 Å². The van der Waals surface area contributed by atoms with Gasteiger partial charge in [0.15, 0.2) is 0 Å². The number of carboxylic acids is 1. The number of likely N-dealkylation sites (tertiary alicyclic amines) is 1. The van der Waals surface area contributed by atoms with E-state index in [2.05, 4.69) is 6.92 Å². The molecule has 1 aliphatic heterocycles. The van der Waals surface area contributed by atoms with E-state index in [1.165, 1.54) is 0 Å². The van der Waals surface area contributed by atoms with Crippen LogP contribution in [0.25, 0.3) is 0 Å². The van der Waals surface area contributed by atoms with Crippen LogP contribution in [0.15, 0.2) is 0 Å². The molecule has 1 N–H and O–H groups in total. The number of hydrogen-bond donors (Lipinski definition) is 1. The van der Waals surface area contributed by atoms with E-state index < -0.39 is 11.9 Å². The van der Waals surface area contributed by atoms with Gasteiger partial charge in [-0.1, -0.05) is 19.8 Å². The molecule has 5 heteroatoms. The highest BCUT2D eigenvalue weighted by Crippen LogP contribution is 2.33. The van der Waals surface area contributed by atoms with Gasteiger partial charge in [-0.3, -0.25) is 9.59 Å². The summed E-state index contributed by atoms with van der Waals surface area (Å²) in [5.41, 5.74) is 0. The Morgan fingerprint density at radius 3 is 2.40 bits per heavy atom. The first-order valence-electron chi connectivity index (χ1n) is 7.59. The van der Waals surface area contributed by atoms with Crippen LogP contribution >= 0.6 is 0 Å². The van der Waals surface area contributed by atoms with Gasteiger partial charge in [-0.05, 0) is 25.2 Å². The molecule has 1 aliphatic carbocycles. The summed E-state index contributed by atoms with van der Waals surface area (Å²) in [7, 11) is 1.68. The van der Waals surface area contributed by atoms with Gasteiger partial charge in [-0.2, -0.15) is 0 Å². The number of hydrogen-bond acceptors (Lipinski definition) is 3. The van der Waals surface area contributed by atoms with Crippen molar-refractivity contribution in [2.45, 2.75) is 45.1 Å². The van der Waals surface area contributed by atoms with E-state index in [0.717, 1.165) is 25.8 Å². The van der Waals surface area contributed by atoms with Crippen LogP contribution < -0.4 is 0 Å². The lowest BCUT2D eigenvalue weighted by atomic mass is 9.78. The van der Waals surface area contributed by atoms with Crippen LogP contribution in [0.5, 0.6) is 0 Å². The van der Waals surface area contributed by atoms with Crippen LogP contribution in [-0.2, 0) is 14.3 Å². The van der Waals surface area contributed by atoms with E-state index >= 15 is 0 Å². The molecule has 1 saturated carbocycles. The quantitative estimate of drug-likeness (QED) is 0.857. The molecular formula is C15H25NO4. The minimum absolute atomic E-state index is 0.0195. The Kier molecular flexibility index (Phi) is 5.02. The molecule has 0 spiro atoms. The lowest BCUT2D eigenvalue weighted by Gasteiger charge is -2.39. The van der Waals surface area contributed by atoms with Crippen LogP contribution in [0.3, 0.4) is 0 Å². The molecule has 2 aliphatic rings. The van der Waals surface area contributed by atoms with Crippen molar-refractivity contribution >= 4 is 11.9 Å². The van der Waals surface area contributed by atoms with Gasteiger partial charge in [0, 0.05) is 20.2 Å². The van der Waals surface area contributed by atoms with Crippen LogP contribution in [0.4, 0.5) is 0 Å². The fourth-order valence-electron chi connectivity index (χ4n) is 3.50. The lowest BCUT2D eigenvalue weighted by molar-refractivity contribution is -0.154. The van der Waals surface area contributed by atoms with Crippen molar-refractivity contribution in [3.63, 3.8) is 0 Å². The van der Waals surface area contributed by atoms with Gasteiger partial charge in [0.25, 0.3) is 0 Å². The second-order valence-electron chi connectivity index (χ2n) is 6.16. The first-order chi connectivity index (χ1) is 9.54. The summed E-state index contributed by atoms with van der Waals surface area (Å²) in [5.74, 6) is -1.20. The zero-order chi connectivity index (χ0) is 14.7. The molecule has 2 fully saturated rings. The summed E-state index contributed by atoms with van der Waals surface area (Å²) in [6.07, 6.45) is 4.20. The Morgan fingerprint density at radius 1 is 1.15 bits per heavy atom. The van der Waals surface area contributed by atoms with Gasteiger partial charge < -0.3 is 14.7 Å². The van der Waals surface area contributed by atoms with Gasteiger partial charge in [0.1, 0.15) is 0 Å². The average molecular weight is 283 g/mol. The highest BCUT2D eigenvalue weighted by atomic mass is 16.5. The molecule has 1 amide bonds. The highest BCUT2D eigenvalue weighted by molar-refractivity contribution is 5.85. The molecule has 0 bridgehead atoms. The number of rotatable bonds is 3. The molecule has 4 atom stereocenters. The normalized spacial score (nSPS) is 34.8. The maximum absolute atomic E-state index is 12.6. The number of methoxy groups -OCH3 is 1. The standard InChI is InChI=1S/C15H25NO4/c1-10-7-8-16(9-13(10)20-2)14(17)11-5-3-4-6-12(11)15(18)19/h10-13H,3-9H2,1-2H3,(H,18,19)/t10?,11-,12+,13?/m1/s1. The number of piperidine rings is 1. The van der Waals surface area contributed by atoms with Crippen molar-refractivity contribution in [3.05, 3.63) is 0 Å². The molecule has 20 heavy (non-hydrogen) atoms. The lowest BCUT2D eigenvalue weighted by Crippen LogP contribution is -2.50. The van der Waals surface area contributed by atoms with Crippen molar-refractivity contribution < 1.29 is 19.4 Å². The second-order valence-corrected chi connectivity index (χ2v) is 6.16. The smallest absolute Gasteiger partial charge is 0.307 e. The molecule has 1 saturated heterocycles. The van der Waals surface area contributed by atoms with Crippen molar-refractivity contribution in [1.29, 1.82) is 0 Å². The summed E-state index contributed by atoms with van der Waals surface area (Å²) >= 11 is 0. The summed E-state index contributed by atoms with van der Waals surface area (Å²) < 4.78 is 5.44. The van der Waals surface area contributed by atoms with E-state index in [-0.39, 0.29) is 17.9 Å². The fourth-order valence-corrected chi connectivity index (χ4v) is 3.50. The van der Waals surface area contributed by atoms with Crippen LogP contribution in [0, 0.1) is 17.8 Å². The fraction of sp³-hybridized carbons (Fsp3) is 0.867. The minimum atomic E-state index is -0.822. The molecule has 5 nitrogen and oxygen atoms in total. The molecule has 0 aromatic heterocycles. The number of aliphatic carboxylic acids is 1. The van der Waals surface area contributed by atoms with Gasteiger partial charge in [0.2, 0.25) is 5.91 Å².